The largest absolute Gasteiger partial charge is 0.312 e. The molecule has 0 fully saturated rings. The number of rotatable bonds is 3. The van der Waals surface area contributed by atoms with Crippen LogP contribution >= 0.6 is 12.6 Å². The molecule has 0 aliphatic heterocycles. The van der Waals surface area contributed by atoms with Crippen LogP contribution in [0.15, 0.2) is 15.8 Å². The van der Waals surface area contributed by atoms with Crippen LogP contribution in [0.5, 0.6) is 0 Å². The lowest BCUT2D eigenvalue weighted by Gasteiger charge is -2.12. The second kappa shape index (κ2) is 4.69. The van der Waals surface area contributed by atoms with E-state index in [2.05, 4.69) is 19.6 Å². The predicted octanol–water partition coefficient (Wildman–Crippen LogP) is 2.55. The summed E-state index contributed by atoms with van der Waals surface area (Å²) in [6.07, 6.45) is 2.14. The molecule has 3 heteroatoms. The zero-order chi connectivity index (χ0) is 10.7. The van der Waals surface area contributed by atoms with E-state index in [-0.39, 0.29) is 5.56 Å². The SMILES string of the molecule is CCCCn1c(C)c(C)cc(S)c1=O. The van der Waals surface area contributed by atoms with Crippen molar-refractivity contribution in [2.75, 3.05) is 0 Å². The number of nitrogens with zero attached hydrogens (tertiary/aromatic N) is 1. The fourth-order valence-corrected chi connectivity index (χ4v) is 1.77. The maximum atomic E-state index is 11.7. The molecule has 0 saturated carbocycles. The second-order valence-corrected chi connectivity index (χ2v) is 4.09. The molecule has 0 bridgehead atoms. The lowest BCUT2D eigenvalue weighted by molar-refractivity contribution is 0.588. The Morgan fingerprint density at radius 2 is 2.07 bits per heavy atom. The molecule has 0 atom stereocenters. The molecule has 0 aliphatic rings. The molecule has 0 aliphatic carbocycles. The summed E-state index contributed by atoms with van der Waals surface area (Å²) < 4.78 is 1.82. The maximum Gasteiger partial charge on any atom is 0.264 e. The topological polar surface area (TPSA) is 22.0 Å². The number of aryl methyl sites for hydroxylation is 1. The average molecular weight is 211 g/mol. The normalized spacial score (nSPS) is 10.6. The third kappa shape index (κ3) is 2.21. The van der Waals surface area contributed by atoms with Crippen molar-refractivity contribution in [3.05, 3.63) is 27.7 Å². The molecule has 0 radical (unpaired) electrons. The Hall–Kier alpha value is -0.700. The number of unbranched alkanes of at least 4 members (excludes halogenated alkanes) is 1. The molecule has 0 aromatic carbocycles. The van der Waals surface area contributed by atoms with Gasteiger partial charge in [-0.1, -0.05) is 13.3 Å². The van der Waals surface area contributed by atoms with Gasteiger partial charge in [-0.3, -0.25) is 4.79 Å². The average Bonchev–Trinajstić information content (AvgIpc) is 2.15. The Morgan fingerprint density at radius 1 is 1.43 bits per heavy atom. The van der Waals surface area contributed by atoms with Gasteiger partial charge in [-0.05, 0) is 31.9 Å². The van der Waals surface area contributed by atoms with E-state index >= 15 is 0 Å². The third-order valence-electron chi connectivity index (χ3n) is 2.53. The first-order chi connectivity index (χ1) is 6.57. The molecule has 0 saturated heterocycles. The molecule has 1 rings (SSSR count). The summed E-state index contributed by atoms with van der Waals surface area (Å²) in [4.78, 5) is 12.3. The molecular weight excluding hydrogens is 194 g/mol. The molecule has 78 valence electrons. The van der Waals surface area contributed by atoms with Gasteiger partial charge in [-0.15, -0.1) is 12.6 Å². The number of pyridine rings is 1. The third-order valence-corrected chi connectivity index (χ3v) is 2.85. The van der Waals surface area contributed by atoms with Crippen LogP contribution in [0.3, 0.4) is 0 Å². The number of hydrogen-bond acceptors (Lipinski definition) is 2. The highest BCUT2D eigenvalue weighted by molar-refractivity contribution is 7.80. The van der Waals surface area contributed by atoms with E-state index in [1.165, 1.54) is 0 Å². The van der Waals surface area contributed by atoms with Gasteiger partial charge in [0.15, 0.2) is 0 Å². The monoisotopic (exact) mass is 211 g/mol. The minimum Gasteiger partial charge on any atom is -0.312 e. The van der Waals surface area contributed by atoms with Crippen LogP contribution in [-0.2, 0) is 6.54 Å². The first-order valence-electron chi connectivity index (χ1n) is 4.98. The van der Waals surface area contributed by atoms with Gasteiger partial charge >= 0.3 is 0 Å². The Labute approximate surface area is 90.4 Å². The van der Waals surface area contributed by atoms with Crippen LogP contribution in [-0.4, -0.2) is 4.57 Å². The Bertz CT molecular complexity index is 382. The van der Waals surface area contributed by atoms with Crippen molar-refractivity contribution in [3.8, 4) is 0 Å². The molecule has 14 heavy (non-hydrogen) atoms. The number of aromatic nitrogens is 1. The Balaban J connectivity index is 3.18. The standard InChI is InChI=1S/C11H17NOS/c1-4-5-6-12-9(3)8(2)7-10(14)11(12)13/h7,14H,4-6H2,1-3H3. The summed E-state index contributed by atoms with van der Waals surface area (Å²) in [5.74, 6) is 0. The van der Waals surface area contributed by atoms with E-state index < -0.39 is 0 Å². The van der Waals surface area contributed by atoms with E-state index in [1.807, 2.05) is 24.5 Å². The van der Waals surface area contributed by atoms with Crippen LogP contribution in [0.25, 0.3) is 0 Å². The van der Waals surface area contributed by atoms with Crippen LogP contribution in [0, 0.1) is 13.8 Å². The summed E-state index contributed by atoms with van der Waals surface area (Å²) in [5.41, 5.74) is 2.22. The molecule has 0 amide bonds. The van der Waals surface area contributed by atoms with E-state index in [0.717, 1.165) is 30.6 Å². The summed E-state index contributed by atoms with van der Waals surface area (Å²) in [5, 5.41) is 0. The second-order valence-electron chi connectivity index (χ2n) is 3.61. The molecule has 2 nitrogen and oxygen atoms in total. The summed E-state index contributed by atoms with van der Waals surface area (Å²) in [6.45, 7) is 6.92. The van der Waals surface area contributed by atoms with Gasteiger partial charge in [0.05, 0.1) is 4.90 Å². The lowest BCUT2D eigenvalue weighted by Crippen LogP contribution is -2.24. The highest BCUT2D eigenvalue weighted by atomic mass is 32.1. The van der Waals surface area contributed by atoms with Crippen LogP contribution in [0.2, 0.25) is 0 Å². The minimum absolute atomic E-state index is 0.0323. The van der Waals surface area contributed by atoms with Crippen molar-refractivity contribution in [3.63, 3.8) is 0 Å². The number of thiol groups is 1. The highest BCUT2D eigenvalue weighted by Crippen LogP contribution is 2.09. The van der Waals surface area contributed by atoms with Crippen molar-refractivity contribution >= 4 is 12.6 Å². The smallest absolute Gasteiger partial charge is 0.264 e. The Kier molecular flexibility index (Phi) is 3.81. The van der Waals surface area contributed by atoms with Gasteiger partial charge in [0.2, 0.25) is 0 Å². The van der Waals surface area contributed by atoms with E-state index in [0.29, 0.717) is 4.90 Å². The van der Waals surface area contributed by atoms with Gasteiger partial charge in [0, 0.05) is 12.2 Å². The molecule has 0 N–H and O–H groups in total. The molecule has 0 unspecified atom stereocenters. The van der Waals surface area contributed by atoms with Gasteiger partial charge in [0.25, 0.3) is 5.56 Å². The van der Waals surface area contributed by atoms with Crippen molar-refractivity contribution in [1.82, 2.24) is 4.57 Å². The van der Waals surface area contributed by atoms with Gasteiger partial charge in [0.1, 0.15) is 0 Å². The zero-order valence-electron chi connectivity index (χ0n) is 9.00. The van der Waals surface area contributed by atoms with Crippen molar-refractivity contribution in [2.45, 2.75) is 45.1 Å². The van der Waals surface area contributed by atoms with Gasteiger partial charge in [-0.25, -0.2) is 0 Å². The fourth-order valence-electron chi connectivity index (χ4n) is 1.46. The molecule has 1 heterocycles. The fraction of sp³-hybridized carbons (Fsp3) is 0.545. The predicted molar refractivity (Wildman–Crippen MR) is 62.3 cm³/mol. The van der Waals surface area contributed by atoms with Gasteiger partial charge in [-0.2, -0.15) is 0 Å². The van der Waals surface area contributed by atoms with E-state index in [1.54, 1.807) is 0 Å². The zero-order valence-corrected chi connectivity index (χ0v) is 9.90. The quantitative estimate of drug-likeness (QED) is 0.763. The Morgan fingerprint density at radius 3 is 2.64 bits per heavy atom. The van der Waals surface area contributed by atoms with Crippen LogP contribution in [0.4, 0.5) is 0 Å². The van der Waals surface area contributed by atoms with Crippen LogP contribution < -0.4 is 5.56 Å². The van der Waals surface area contributed by atoms with Crippen molar-refractivity contribution in [1.29, 1.82) is 0 Å². The van der Waals surface area contributed by atoms with E-state index in [4.69, 9.17) is 0 Å². The van der Waals surface area contributed by atoms with Crippen LogP contribution in [0.1, 0.15) is 31.0 Å². The van der Waals surface area contributed by atoms with E-state index in [9.17, 15) is 4.79 Å². The summed E-state index contributed by atoms with van der Waals surface area (Å²) in [7, 11) is 0. The number of hydrogen-bond donors (Lipinski definition) is 1. The molecule has 1 aromatic rings. The highest BCUT2D eigenvalue weighted by Gasteiger charge is 2.05. The minimum atomic E-state index is 0.0323. The first kappa shape index (κ1) is 11.4. The maximum absolute atomic E-state index is 11.7. The van der Waals surface area contributed by atoms with Gasteiger partial charge < -0.3 is 4.57 Å². The lowest BCUT2D eigenvalue weighted by atomic mass is 10.2. The molecule has 1 aromatic heterocycles. The summed E-state index contributed by atoms with van der Waals surface area (Å²) >= 11 is 4.17. The molecular formula is C11H17NOS. The summed E-state index contributed by atoms with van der Waals surface area (Å²) in [6, 6.07) is 1.84. The van der Waals surface area contributed by atoms with Crippen molar-refractivity contribution in [2.24, 2.45) is 0 Å². The molecule has 0 spiro atoms. The van der Waals surface area contributed by atoms with Crippen molar-refractivity contribution < 1.29 is 0 Å². The first-order valence-corrected chi connectivity index (χ1v) is 5.42.